The molecule has 18 heavy (non-hydrogen) atoms. The molecule has 3 nitrogen and oxygen atoms in total. The number of rotatable bonds is 8. The van der Waals surface area contributed by atoms with Crippen molar-refractivity contribution in [2.75, 3.05) is 18.9 Å². The highest BCUT2D eigenvalue weighted by Gasteiger charge is 2.44. The van der Waals surface area contributed by atoms with E-state index in [2.05, 4.69) is 22.6 Å². The Labute approximate surface area is 117 Å². The number of nitrogens with zero attached hydrogens (tertiary/aromatic N) is 1. The van der Waals surface area contributed by atoms with Gasteiger partial charge >= 0.3 is 0 Å². The summed E-state index contributed by atoms with van der Waals surface area (Å²) in [5, 5.41) is 15.5. The topological polar surface area (TPSA) is 45.1 Å². The van der Waals surface area contributed by atoms with Crippen LogP contribution in [0, 0.1) is 12.8 Å². The van der Waals surface area contributed by atoms with Crippen LogP contribution < -0.4 is 5.32 Å². The Hall–Kier alpha value is -0.100. The third kappa shape index (κ3) is 3.47. The number of thiazole rings is 1. The Morgan fingerprint density at radius 2 is 2.39 bits per heavy atom. The van der Waals surface area contributed by atoms with Crippen molar-refractivity contribution in [3.63, 3.8) is 0 Å². The molecular weight excluding hydrogens is 264 g/mol. The summed E-state index contributed by atoms with van der Waals surface area (Å²) >= 11 is 3.48. The summed E-state index contributed by atoms with van der Waals surface area (Å²) in [7, 11) is 0. The summed E-state index contributed by atoms with van der Waals surface area (Å²) < 4.78 is 1.12. The molecule has 0 amide bonds. The molecule has 0 radical (unpaired) electrons. The van der Waals surface area contributed by atoms with Gasteiger partial charge in [-0.1, -0.05) is 18.7 Å². The van der Waals surface area contributed by atoms with Gasteiger partial charge in [-0.2, -0.15) is 0 Å². The maximum Gasteiger partial charge on any atom is 0.150 e. The fraction of sp³-hybridized carbons (Fsp3) is 0.769. The van der Waals surface area contributed by atoms with Crippen LogP contribution in [0.15, 0.2) is 9.72 Å². The highest BCUT2D eigenvalue weighted by molar-refractivity contribution is 8.01. The van der Waals surface area contributed by atoms with Crippen molar-refractivity contribution >= 4 is 23.1 Å². The number of hydrogen-bond acceptors (Lipinski definition) is 5. The van der Waals surface area contributed by atoms with Gasteiger partial charge in [0.05, 0.1) is 12.1 Å². The molecule has 1 fully saturated rings. The van der Waals surface area contributed by atoms with E-state index in [0.29, 0.717) is 5.92 Å². The number of aromatic nitrogens is 1. The largest absolute Gasteiger partial charge is 0.394 e. The van der Waals surface area contributed by atoms with Crippen molar-refractivity contribution in [2.24, 2.45) is 5.92 Å². The van der Waals surface area contributed by atoms with E-state index in [-0.39, 0.29) is 12.1 Å². The third-order valence-corrected chi connectivity index (χ3v) is 5.81. The molecule has 0 aliphatic heterocycles. The van der Waals surface area contributed by atoms with Crippen LogP contribution in [-0.4, -0.2) is 34.5 Å². The minimum absolute atomic E-state index is 0.0970. The smallest absolute Gasteiger partial charge is 0.150 e. The molecule has 0 spiro atoms. The van der Waals surface area contributed by atoms with Gasteiger partial charge in [0.1, 0.15) is 4.34 Å². The summed E-state index contributed by atoms with van der Waals surface area (Å²) in [4.78, 5) is 4.48. The van der Waals surface area contributed by atoms with Crippen LogP contribution in [0.1, 0.15) is 31.9 Å². The Morgan fingerprint density at radius 1 is 1.61 bits per heavy atom. The summed E-state index contributed by atoms with van der Waals surface area (Å²) in [6.45, 7) is 5.40. The molecule has 0 saturated heterocycles. The zero-order valence-electron chi connectivity index (χ0n) is 11.1. The zero-order valence-corrected chi connectivity index (χ0v) is 12.7. The predicted octanol–water partition coefficient (Wildman–Crippen LogP) is 2.68. The maximum atomic E-state index is 9.80. The molecule has 1 aliphatic carbocycles. The van der Waals surface area contributed by atoms with Crippen LogP contribution >= 0.6 is 23.1 Å². The highest BCUT2D eigenvalue weighted by atomic mass is 32.2. The van der Waals surface area contributed by atoms with Crippen molar-refractivity contribution in [3.8, 4) is 0 Å². The Morgan fingerprint density at radius 3 is 2.89 bits per heavy atom. The van der Waals surface area contributed by atoms with Crippen LogP contribution in [0.3, 0.4) is 0 Å². The van der Waals surface area contributed by atoms with Crippen molar-refractivity contribution in [3.05, 3.63) is 11.1 Å². The van der Waals surface area contributed by atoms with Crippen LogP contribution in [0.2, 0.25) is 0 Å². The fourth-order valence-corrected chi connectivity index (χ4v) is 4.28. The van der Waals surface area contributed by atoms with E-state index in [9.17, 15) is 5.11 Å². The second-order valence-electron chi connectivity index (χ2n) is 5.06. The lowest BCUT2D eigenvalue weighted by Crippen LogP contribution is -2.53. The average Bonchev–Trinajstić information content (AvgIpc) is 3.14. The van der Waals surface area contributed by atoms with E-state index in [0.717, 1.165) is 28.8 Å². The molecule has 2 rings (SSSR count). The monoisotopic (exact) mass is 286 g/mol. The van der Waals surface area contributed by atoms with Crippen LogP contribution in [-0.2, 0) is 0 Å². The highest BCUT2D eigenvalue weighted by Crippen LogP contribution is 2.42. The molecule has 1 heterocycles. The van der Waals surface area contributed by atoms with Gasteiger partial charge in [0.2, 0.25) is 0 Å². The lowest BCUT2D eigenvalue weighted by molar-refractivity contribution is 0.159. The number of hydrogen-bond donors (Lipinski definition) is 2. The molecule has 2 N–H and O–H groups in total. The molecule has 0 aromatic carbocycles. The van der Waals surface area contributed by atoms with Crippen molar-refractivity contribution in [2.45, 2.75) is 43.0 Å². The molecule has 0 bridgehead atoms. The zero-order chi connectivity index (χ0) is 13.0. The second kappa shape index (κ2) is 6.37. The Bertz CT molecular complexity index is 379. The van der Waals surface area contributed by atoms with Gasteiger partial charge in [-0.25, -0.2) is 4.98 Å². The van der Waals surface area contributed by atoms with Gasteiger partial charge < -0.3 is 10.4 Å². The van der Waals surface area contributed by atoms with Gasteiger partial charge in [-0.3, -0.25) is 0 Å². The van der Waals surface area contributed by atoms with Crippen molar-refractivity contribution in [1.82, 2.24) is 10.3 Å². The van der Waals surface area contributed by atoms with Crippen LogP contribution in [0.5, 0.6) is 0 Å². The van der Waals surface area contributed by atoms with E-state index in [1.807, 2.05) is 6.92 Å². The molecule has 1 aliphatic rings. The first-order valence-corrected chi connectivity index (χ1v) is 8.47. The number of aliphatic hydroxyl groups is 1. The Kier molecular flexibility index (Phi) is 5.06. The first-order valence-electron chi connectivity index (χ1n) is 6.61. The first-order chi connectivity index (χ1) is 8.70. The minimum atomic E-state index is -0.0970. The summed E-state index contributed by atoms with van der Waals surface area (Å²) in [6.07, 6.45) is 3.60. The number of thioether (sulfide) groups is 1. The van der Waals surface area contributed by atoms with Gasteiger partial charge in [0.15, 0.2) is 0 Å². The van der Waals surface area contributed by atoms with Crippen molar-refractivity contribution < 1.29 is 5.11 Å². The van der Waals surface area contributed by atoms with E-state index < -0.39 is 0 Å². The lowest BCUT2D eigenvalue weighted by atomic mass is 9.96. The van der Waals surface area contributed by atoms with Gasteiger partial charge in [-0.15, -0.1) is 11.3 Å². The molecule has 102 valence electrons. The third-order valence-electron chi connectivity index (χ3n) is 3.42. The van der Waals surface area contributed by atoms with E-state index in [4.69, 9.17) is 0 Å². The normalized spacial score (nSPS) is 18.8. The summed E-state index contributed by atoms with van der Waals surface area (Å²) in [5.41, 5.74) is 0.991. The molecule has 1 saturated carbocycles. The fourth-order valence-electron chi connectivity index (χ4n) is 2.14. The minimum Gasteiger partial charge on any atom is -0.394 e. The first kappa shape index (κ1) is 14.3. The molecule has 5 heteroatoms. The number of aryl methyl sites for hydroxylation is 1. The molecule has 1 unspecified atom stereocenters. The standard InChI is InChI=1S/C13H22N2OS2/c1-3-6-14-13(8-16,11-4-5-11)9-18-12-15-10(2)7-17-12/h7,11,14,16H,3-6,8-9H2,1-2H3. The number of aliphatic hydroxyl groups excluding tert-OH is 1. The predicted molar refractivity (Wildman–Crippen MR) is 78.4 cm³/mol. The molecule has 1 aromatic heterocycles. The molecule has 1 atom stereocenters. The summed E-state index contributed by atoms with van der Waals surface area (Å²) in [5.74, 6) is 1.56. The molecule has 1 aromatic rings. The molecular formula is C13H22N2OS2. The summed E-state index contributed by atoms with van der Waals surface area (Å²) in [6, 6.07) is 0. The van der Waals surface area contributed by atoms with Crippen LogP contribution in [0.25, 0.3) is 0 Å². The maximum absolute atomic E-state index is 9.80. The SMILES string of the molecule is CCCNC(CO)(CSc1nc(C)cs1)C1CC1. The van der Waals surface area contributed by atoms with Gasteiger partial charge in [0.25, 0.3) is 0 Å². The second-order valence-corrected chi connectivity index (χ2v) is 7.14. The van der Waals surface area contributed by atoms with Gasteiger partial charge in [-0.05, 0) is 38.6 Å². The van der Waals surface area contributed by atoms with E-state index in [1.165, 1.54) is 12.8 Å². The van der Waals surface area contributed by atoms with Crippen LogP contribution in [0.4, 0.5) is 0 Å². The van der Waals surface area contributed by atoms with Gasteiger partial charge in [0, 0.05) is 16.8 Å². The quantitative estimate of drug-likeness (QED) is 0.721. The van der Waals surface area contributed by atoms with Crippen molar-refractivity contribution in [1.29, 1.82) is 0 Å². The number of nitrogens with one attached hydrogen (secondary N) is 1. The van der Waals surface area contributed by atoms with E-state index >= 15 is 0 Å². The Balaban J connectivity index is 1.95. The lowest BCUT2D eigenvalue weighted by Gasteiger charge is -2.33. The van der Waals surface area contributed by atoms with E-state index in [1.54, 1.807) is 23.1 Å². The average molecular weight is 286 g/mol.